The molecule has 0 bridgehead atoms. The predicted octanol–water partition coefficient (Wildman–Crippen LogP) is 6.22. The summed E-state index contributed by atoms with van der Waals surface area (Å²) in [6.45, 7) is 2.02. The van der Waals surface area contributed by atoms with Crippen molar-refractivity contribution in [1.29, 1.82) is 0 Å². The van der Waals surface area contributed by atoms with E-state index in [2.05, 4.69) is 15.6 Å². The van der Waals surface area contributed by atoms with Crippen LogP contribution in [0.1, 0.15) is 49.4 Å². The molecule has 1 aliphatic rings. The van der Waals surface area contributed by atoms with Crippen molar-refractivity contribution in [2.45, 2.75) is 44.6 Å². The zero-order valence-corrected chi connectivity index (χ0v) is 18.4. The Kier molecular flexibility index (Phi) is 5.64. The fourth-order valence-corrected chi connectivity index (χ4v) is 4.52. The lowest BCUT2D eigenvalue weighted by Crippen LogP contribution is -2.47. The van der Waals surface area contributed by atoms with Crippen molar-refractivity contribution in [3.8, 4) is 0 Å². The molecule has 1 aliphatic carbocycles. The van der Waals surface area contributed by atoms with Crippen LogP contribution >= 0.6 is 23.2 Å². The van der Waals surface area contributed by atoms with Gasteiger partial charge in [-0.15, -0.1) is 0 Å². The van der Waals surface area contributed by atoms with Crippen molar-refractivity contribution in [3.05, 3.63) is 51.8 Å². The molecule has 1 saturated carbocycles. The Morgan fingerprint density at radius 2 is 1.83 bits per heavy atom. The number of aryl methyl sites for hydroxylation is 1. The quantitative estimate of drug-likeness (QED) is 0.498. The highest BCUT2D eigenvalue weighted by Crippen LogP contribution is 2.33. The van der Waals surface area contributed by atoms with Gasteiger partial charge >= 0.3 is 0 Å². The standard InChI is InChI=1S/C22H23Cl2FN4O/c1-22(9-4-3-5-10-22)28-20(30)13-11-17-18(12-16(13)25)29(2)21(26-17)27-19-14(23)7-6-8-15(19)24/h6-8,11-12H,3-5,9-10H2,1-2H3,(H,26,27)(H,28,30). The van der Waals surface area contributed by atoms with Crippen molar-refractivity contribution < 1.29 is 9.18 Å². The van der Waals surface area contributed by atoms with E-state index >= 15 is 0 Å². The molecule has 1 aromatic heterocycles. The van der Waals surface area contributed by atoms with Crippen LogP contribution in [0.25, 0.3) is 11.0 Å². The van der Waals surface area contributed by atoms with Crippen LogP contribution in [0.2, 0.25) is 10.0 Å². The van der Waals surface area contributed by atoms with E-state index in [4.69, 9.17) is 23.2 Å². The number of hydrogen-bond acceptors (Lipinski definition) is 3. The van der Waals surface area contributed by atoms with E-state index in [1.165, 1.54) is 18.6 Å². The minimum atomic E-state index is -0.579. The van der Waals surface area contributed by atoms with Gasteiger partial charge in [0.05, 0.1) is 32.3 Å². The second-order valence-electron chi connectivity index (χ2n) is 8.11. The Labute approximate surface area is 184 Å². The largest absolute Gasteiger partial charge is 0.347 e. The molecule has 0 atom stereocenters. The molecule has 30 heavy (non-hydrogen) atoms. The summed E-state index contributed by atoms with van der Waals surface area (Å²) < 4.78 is 16.5. The number of para-hydroxylation sites is 1. The molecule has 5 nitrogen and oxygen atoms in total. The first-order valence-corrected chi connectivity index (χ1v) is 10.7. The molecule has 1 amide bonds. The van der Waals surface area contributed by atoms with Crippen LogP contribution in [-0.4, -0.2) is 21.0 Å². The van der Waals surface area contributed by atoms with Crippen LogP contribution in [-0.2, 0) is 7.05 Å². The van der Waals surface area contributed by atoms with Gasteiger partial charge in [-0.1, -0.05) is 48.5 Å². The highest BCUT2D eigenvalue weighted by atomic mass is 35.5. The third-order valence-electron chi connectivity index (χ3n) is 5.79. The summed E-state index contributed by atoms with van der Waals surface area (Å²) in [5, 5.41) is 7.02. The Balaban J connectivity index is 1.66. The third kappa shape index (κ3) is 3.98. The first-order chi connectivity index (χ1) is 14.3. The fourth-order valence-electron chi connectivity index (χ4n) is 4.03. The molecule has 8 heteroatoms. The molecular formula is C22H23Cl2FN4O. The molecule has 0 spiro atoms. The van der Waals surface area contributed by atoms with Crippen molar-refractivity contribution >= 4 is 51.8 Å². The number of nitrogens with one attached hydrogen (secondary N) is 2. The van der Waals surface area contributed by atoms with Gasteiger partial charge in [0, 0.05) is 18.7 Å². The van der Waals surface area contributed by atoms with E-state index in [1.54, 1.807) is 29.8 Å². The highest BCUT2D eigenvalue weighted by molar-refractivity contribution is 6.39. The number of halogens is 3. The Bertz CT molecular complexity index is 1100. The van der Waals surface area contributed by atoms with Crippen molar-refractivity contribution in [2.75, 3.05) is 5.32 Å². The first-order valence-electron chi connectivity index (χ1n) is 9.97. The van der Waals surface area contributed by atoms with Gasteiger partial charge < -0.3 is 15.2 Å². The number of carbonyl (C=O) groups excluding carboxylic acids is 1. The smallest absolute Gasteiger partial charge is 0.254 e. The van der Waals surface area contributed by atoms with Gasteiger partial charge in [0.1, 0.15) is 5.82 Å². The summed E-state index contributed by atoms with van der Waals surface area (Å²) in [4.78, 5) is 17.3. The minimum Gasteiger partial charge on any atom is -0.347 e. The zero-order chi connectivity index (χ0) is 21.5. The topological polar surface area (TPSA) is 59.0 Å². The first kappa shape index (κ1) is 20.9. The summed E-state index contributed by atoms with van der Waals surface area (Å²) in [7, 11) is 1.75. The Hall–Kier alpha value is -2.31. The molecule has 158 valence electrons. The number of hydrogen-bond donors (Lipinski definition) is 2. The molecule has 0 aliphatic heterocycles. The SMILES string of the molecule is Cn1c(Nc2c(Cl)cccc2Cl)nc2cc(C(=O)NC3(C)CCCCC3)c(F)cc21. The van der Waals surface area contributed by atoms with E-state index in [9.17, 15) is 9.18 Å². The average Bonchev–Trinajstić information content (AvgIpc) is 2.99. The second kappa shape index (κ2) is 8.08. The monoisotopic (exact) mass is 448 g/mol. The number of nitrogens with zero attached hydrogens (tertiary/aromatic N) is 2. The summed E-state index contributed by atoms with van der Waals surface area (Å²) in [6, 6.07) is 8.00. The zero-order valence-electron chi connectivity index (χ0n) is 16.9. The number of rotatable bonds is 4. The van der Waals surface area contributed by atoms with Crippen LogP contribution < -0.4 is 10.6 Å². The molecule has 0 unspecified atom stereocenters. The molecule has 3 aromatic rings. The van der Waals surface area contributed by atoms with E-state index < -0.39 is 11.7 Å². The van der Waals surface area contributed by atoms with Gasteiger partial charge in [-0.2, -0.15) is 0 Å². The van der Waals surface area contributed by atoms with Crippen LogP contribution in [0.5, 0.6) is 0 Å². The third-order valence-corrected chi connectivity index (χ3v) is 6.42. The highest BCUT2D eigenvalue weighted by Gasteiger charge is 2.30. The fraction of sp³-hybridized carbons (Fsp3) is 0.364. The lowest BCUT2D eigenvalue weighted by molar-refractivity contribution is 0.0878. The Morgan fingerprint density at radius 1 is 1.17 bits per heavy atom. The molecular weight excluding hydrogens is 426 g/mol. The maximum atomic E-state index is 14.8. The number of carbonyl (C=O) groups is 1. The average molecular weight is 449 g/mol. The molecule has 1 heterocycles. The van der Waals surface area contributed by atoms with Gasteiger partial charge in [-0.25, -0.2) is 9.37 Å². The lowest BCUT2D eigenvalue weighted by Gasteiger charge is -2.34. The van der Waals surface area contributed by atoms with Crippen molar-refractivity contribution in [2.24, 2.45) is 7.05 Å². The molecule has 1 fully saturated rings. The summed E-state index contributed by atoms with van der Waals surface area (Å²) in [5.41, 5.74) is 1.27. The van der Waals surface area contributed by atoms with E-state index in [0.717, 1.165) is 25.7 Å². The number of fused-ring (bicyclic) bond motifs is 1. The van der Waals surface area contributed by atoms with Gasteiger partial charge in [-0.05, 0) is 38.0 Å². The Morgan fingerprint density at radius 3 is 2.50 bits per heavy atom. The number of aromatic nitrogens is 2. The normalized spacial score (nSPS) is 15.9. The number of amides is 1. The maximum absolute atomic E-state index is 14.8. The second-order valence-corrected chi connectivity index (χ2v) is 8.93. The molecule has 0 saturated heterocycles. The predicted molar refractivity (Wildman–Crippen MR) is 119 cm³/mol. The maximum Gasteiger partial charge on any atom is 0.254 e. The summed E-state index contributed by atoms with van der Waals surface area (Å²) >= 11 is 12.5. The molecule has 0 radical (unpaired) electrons. The number of imidazole rings is 1. The van der Waals surface area contributed by atoms with E-state index in [1.807, 2.05) is 6.92 Å². The lowest BCUT2D eigenvalue weighted by atomic mass is 9.83. The van der Waals surface area contributed by atoms with Crippen LogP contribution in [0.3, 0.4) is 0 Å². The van der Waals surface area contributed by atoms with Crippen LogP contribution in [0, 0.1) is 5.82 Å². The van der Waals surface area contributed by atoms with Crippen LogP contribution in [0.4, 0.5) is 16.0 Å². The number of anilines is 2. The van der Waals surface area contributed by atoms with Gasteiger partial charge in [-0.3, -0.25) is 4.79 Å². The summed E-state index contributed by atoms with van der Waals surface area (Å²) in [6.07, 6.45) is 5.11. The van der Waals surface area contributed by atoms with E-state index in [-0.39, 0.29) is 11.1 Å². The number of benzene rings is 2. The molecule has 2 aromatic carbocycles. The van der Waals surface area contributed by atoms with E-state index in [0.29, 0.717) is 32.7 Å². The molecule has 2 N–H and O–H groups in total. The summed E-state index contributed by atoms with van der Waals surface area (Å²) in [5.74, 6) is -0.547. The van der Waals surface area contributed by atoms with Crippen molar-refractivity contribution in [3.63, 3.8) is 0 Å². The van der Waals surface area contributed by atoms with Crippen molar-refractivity contribution in [1.82, 2.24) is 14.9 Å². The minimum absolute atomic E-state index is 0.00488. The van der Waals surface area contributed by atoms with Gasteiger partial charge in [0.2, 0.25) is 5.95 Å². The van der Waals surface area contributed by atoms with Gasteiger partial charge in [0.25, 0.3) is 5.91 Å². The van der Waals surface area contributed by atoms with Crippen LogP contribution in [0.15, 0.2) is 30.3 Å². The molecule has 4 rings (SSSR count). The van der Waals surface area contributed by atoms with Gasteiger partial charge in [0.15, 0.2) is 0 Å².